The summed E-state index contributed by atoms with van der Waals surface area (Å²) in [5.74, 6) is 0.258. The van der Waals surface area contributed by atoms with E-state index in [0.29, 0.717) is 18.5 Å². The number of rotatable bonds is 3. The fourth-order valence-electron chi connectivity index (χ4n) is 3.03. The summed E-state index contributed by atoms with van der Waals surface area (Å²) in [6.07, 6.45) is 0.890. The van der Waals surface area contributed by atoms with E-state index in [2.05, 4.69) is 5.16 Å². The molecule has 1 aromatic heterocycles. The van der Waals surface area contributed by atoms with E-state index in [1.54, 1.807) is 13.8 Å². The van der Waals surface area contributed by atoms with Gasteiger partial charge in [0, 0.05) is 19.1 Å². The minimum atomic E-state index is -3.67. The Morgan fingerprint density at radius 2 is 1.87 bits per heavy atom. The predicted octanol–water partition coefficient (Wildman–Crippen LogP) is 1.14. The number of imide groups is 1. The van der Waals surface area contributed by atoms with Crippen LogP contribution in [0.1, 0.15) is 24.3 Å². The van der Waals surface area contributed by atoms with Gasteiger partial charge in [-0.2, -0.15) is 4.31 Å². The predicted molar refractivity (Wildman–Crippen MR) is 82.5 cm³/mol. The second-order valence-corrected chi connectivity index (χ2v) is 8.41. The number of carbonyl (C=O) groups is 2. The lowest BCUT2D eigenvalue weighted by Crippen LogP contribution is -2.48. The lowest BCUT2D eigenvalue weighted by atomic mass is 10.1. The lowest BCUT2D eigenvalue weighted by Gasteiger charge is -2.34. The number of sulfonamides is 1. The van der Waals surface area contributed by atoms with Crippen molar-refractivity contribution in [3.8, 4) is 0 Å². The molecule has 0 radical (unpaired) electrons. The van der Waals surface area contributed by atoms with Gasteiger partial charge >= 0.3 is 0 Å². The van der Waals surface area contributed by atoms with E-state index in [4.69, 9.17) is 4.52 Å². The molecule has 2 saturated heterocycles. The molecular weight excluding hydrogens is 342 g/mol. The molecule has 2 aliphatic heterocycles. The second-order valence-electron chi connectivity index (χ2n) is 5.61. The highest BCUT2D eigenvalue weighted by molar-refractivity contribution is 8.14. The highest BCUT2D eigenvalue weighted by atomic mass is 32.2. The fraction of sp³-hybridized carbons (Fsp3) is 0.615. The number of carbonyl (C=O) groups excluding carboxylic acids is 2. The molecule has 0 spiro atoms. The first-order valence-electron chi connectivity index (χ1n) is 7.24. The average Bonchev–Trinajstić information content (AvgIpc) is 3.02. The first-order chi connectivity index (χ1) is 10.8. The maximum Gasteiger partial charge on any atom is 0.289 e. The minimum absolute atomic E-state index is 0.111. The van der Waals surface area contributed by atoms with Crippen molar-refractivity contribution in [1.29, 1.82) is 0 Å². The Hall–Kier alpha value is -1.39. The number of hydrogen-bond donors (Lipinski definition) is 0. The molecule has 3 heterocycles. The Labute approximate surface area is 138 Å². The fourth-order valence-corrected chi connectivity index (χ4v) is 5.57. The third-order valence-corrected chi connectivity index (χ3v) is 7.12. The van der Waals surface area contributed by atoms with Crippen LogP contribution in [-0.2, 0) is 14.8 Å². The molecule has 2 amide bonds. The third-order valence-electron chi connectivity index (χ3n) is 4.14. The van der Waals surface area contributed by atoms with Gasteiger partial charge in [-0.3, -0.25) is 14.5 Å². The van der Waals surface area contributed by atoms with Crippen molar-refractivity contribution < 1.29 is 22.5 Å². The van der Waals surface area contributed by atoms with Crippen molar-refractivity contribution in [2.75, 3.05) is 18.8 Å². The van der Waals surface area contributed by atoms with E-state index in [0.717, 1.165) is 11.8 Å². The summed E-state index contributed by atoms with van der Waals surface area (Å²) < 4.78 is 31.8. The summed E-state index contributed by atoms with van der Waals surface area (Å²) >= 11 is 1.00. The molecule has 8 nitrogen and oxygen atoms in total. The Morgan fingerprint density at radius 3 is 2.35 bits per heavy atom. The quantitative estimate of drug-likeness (QED) is 0.797. The zero-order valence-electron chi connectivity index (χ0n) is 12.8. The van der Waals surface area contributed by atoms with Crippen LogP contribution in [0.3, 0.4) is 0 Å². The molecule has 0 aromatic carbocycles. The van der Waals surface area contributed by atoms with Gasteiger partial charge in [-0.25, -0.2) is 8.42 Å². The molecule has 23 heavy (non-hydrogen) atoms. The zero-order chi connectivity index (χ0) is 16.8. The van der Waals surface area contributed by atoms with Gasteiger partial charge in [-0.05, 0) is 26.7 Å². The number of aryl methyl sites for hydroxylation is 2. The maximum atomic E-state index is 12.7. The minimum Gasteiger partial charge on any atom is -0.360 e. The molecule has 2 fully saturated rings. The van der Waals surface area contributed by atoms with Gasteiger partial charge < -0.3 is 4.52 Å². The van der Waals surface area contributed by atoms with Crippen LogP contribution in [0.2, 0.25) is 0 Å². The molecule has 2 aliphatic rings. The van der Waals surface area contributed by atoms with Gasteiger partial charge in [-0.15, -0.1) is 0 Å². The zero-order valence-corrected chi connectivity index (χ0v) is 14.4. The van der Waals surface area contributed by atoms with Crippen LogP contribution < -0.4 is 0 Å². The van der Waals surface area contributed by atoms with E-state index >= 15 is 0 Å². The highest BCUT2D eigenvalue weighted by Gasteiger charge is 2.40. The van der Waals surface area contributed by atoms with Crippen LogP contribution in [0.4, 0.5) is 4.79 Å². The van der Waals surface area contributed by atoms with Crippen LogP contribution in [0, 0.1) is 13.8 Å². The van der Waals surface area contributed by atoms with Crippen LogP contribution in [0.15, 0.2) is 9.42 Å². The number of thioether (sulfide) groups is 1. The van der Waals surface area contributed by atoms with Crippen LogP contribution in [0.5, 0.6) is 0 Å². The van der Waals surface area contributed by atoms with E-state index in [1.807, 2.05) is 0 Å². The molecule has 0 bridgehead atoms. The van der Waals surface area contributed by atoms with Crippen LogP contribution in [-0.4, -0.2) is 58.8 Å². The number of piperidine rings is 1. The van der Waals surface area contributed by atoms with Gasteiger partial charge in [0.05, 0.1) is 5.75 Å². The normalized spacial score (nSPS) is 21.4. The van der Waals surface area contributed by atoms with Crippen molar-refractivity contribution in [2.45, 2.75) is 37.6 Å². The molecule has 10 heteroatoms. The van der Waals surface area contributed by atoms with Crippen molar-refractivity contribution in [1.82, 2.24) is 14.4 Å². The first-order valence-corrected chi connectivity index (χ1v) is 9.66. The molecule has 0 atom stereocenters. The Morgan fingerprint density at radius 1 is 1.22 bits per heavy atom. The monoisotopic (exact) mass is 359 g/mol. The summed E-state index contributed by atoms with van der Waals surface area (Å²) in [7, 11) is -3.67. The summed E-state index contributed by atoms with van der Waals surface area (Å²) in [6, 6.07) is -0.221. The van der Waals surface area contributed by atoms with Crippen LogP contribution in [0.25, 0.3) is 0 Å². The molecule has 0 N–H and O–H groups in total. The molecule has 0 saturated carbocycles. The molecular formula is C13H17N3O5S2. The van der Waals surface area contributed by atoms with E-state index < -0.39 is 10.0 Å². The Balaban J connectivity index is 1.74. The SMILES string of the molecule is Cc1noc(C)c1S(=O)(=O)N1CCC(N2C(=O)CSC2=O)CC1. The Bertz CT molecular complexity index is 714. The number of aromatic nitrogens is 1. The standard InChI is InChI=1S/C13H17N3O5S2/c1-8-12(9(2)21-14-8)23(19,20)15-5-3-10(4-6-15)16-11(17)7-22-13(16)18/h10H,3-7H2,1-2H3. The molecule has 1 aromatic rings. The molecule has 0 unspecified atom stereocenters. The highest BCUT2D eigenvalue weighted by Crippen LogP contribution is 2.30. The number of amides is 2. The van der Waals surface area contributed by atoms with Gasteiger partial charge in [0.15, 0.2) is 5.76 Å². The topological polar surface area (TPSA) is 101 Å². The van der Waals surface area contributed by atoms with E-state index in [-0.39, 0.29) is 46.7 Å². The van der Waals surface area contributed by atoms with E-state index in [1.165, 1.54) is 9.21 Å². The van der Waals surface area contributed by atoms with Crippen LogP contribution >= 0.6 is 11.8 Å². The second kappa shape index (κ2) is 5.91. The third kappa shape index (κ3) is 2.79. The van der Waals surface area contributed by atoms with Gasteiger partial charge in [0.2, 0.25) is 15.9 Å². The smallest absolute Gasteiger partial charge is 0.289 e. The summed E-state index contributed by atoms with van der Waals surface area (Å²) in [5, 5.41) is 3.46. The van der Waals surface area contributed by atoms with E-state index in [9.17, 15) is 18.0 Å². The summed E-state index contributed by atoms with van der Waals surface area (Å²) in [5.41, 5.74) is 0.339. The lowest BCUT2D eigenvalue weighted by molar-refractivity contribution is -0.126. The summed E-state index contributed by atoms with van der Waals surface area (Å²) in [6.45, 7) is 3.69. The summed E-state index contributed by atoms with van der Waals surface area (Å²) in [4.78, 5) is 24.9. The average molecular weight is 359 g/mol. The van der Waals surface area contributed by atoms with Crippen molar-refractivity contribution in [2.24, 2.45) is 0 Å². The van der Waals surface area contributed by atoms with Gasteiger partial charge in [0.1, 0.15) is 10.6 Å². The van der Waals surface area contributed by atoms with Crippen molar-refractivity contribution in [3.05, 3.63) is 11.5 Å². The molecule has 3 rings (SSSR count). The van der Waals surface area contributed by atoms with Crippen molar-refractivity contribution in [3.63, 3.8) is 0 Å². The molecule has 126 valence electrons. The first kappa shape index (κ1) is 16.5. The van der Waals surface area contributed by atoms with Gasteiger partial charge in [0.25, 0.3) is 5.24 Å². The number of hydrogen-bond acceptors (Lipinski definition) is 7. The van der Waals surface area contributed by atoms with Gasteiger partial charge in [-0.1, -0.05) is 16.9 Å². The number of nitrogens with zero attached hydrogens (tertiary/aromatic N) is 3. The van der Waals surface area contributed by atoms with Crippen molar-refractivity contribution >= 4 is 32.9 Å². The largest absolute Gasteiger partial charge is 0.360 e. The maximum absolute atomic E-state index is 12.7. The Kier molecular flexibility index (Phi) is 4.23. The molecule has 0 aliphatic carbocycles.